The lowest BCUT2D eigenvalue weighted by molar-refractivity contribution is -0.156. The molecule has 2 N–H and O–H groups in total. The summed E-state index contributed by atoms with van der Waals surface area (Å²) in [6, 6.07) is 27.0. The number of nitrogens with zero attached hydrogens (tertiary/aromatic N) is 1. The van der Waals surface area contributed by atoms with Crippen LogP contribution in [0.2, 0.25) is 0 Å². The van der Waals surface area contributed by atoms with Crippen molar-refractivity contribution >= 4 is 16.9 Å². The van der Waals surface area contributed by atoms with Crippen molar-refractivity contribution in [3.05, 3.63) is 90.5 Å². The highest BCUT2D eigenvalue weighted by atomic mass is 16.5. The molecule has 3 aromatic carbocycles. The fraction of sp³-hybridized carbons (Fsp3) is 0.125. The summed E-state index contributed by atoms with van der Waals surface area (Å²) in [5.41, 5.74) is 3.83. The first-order valence-electron chi connectivity index (χ1n) is 9.31. The maximum Gasteiger partial charge on any atom is 0.337 e. The summed E-state index contributed by atoms with van der Waals surface area (Å²) in [5, 5.41) is 22.2. The molecule has 0 spiro atoms. The predicted octanol–water partition coefficient (Wildman–Crippen LogP) is 3.86. The molecule has 0 amide bonds. The zero-order valence-electron chi connectivity index (χ0n) is 15.9. The number of carbonyl (C=O) groups is 1. The van der Waals surface area contributed by atoms with Crippen molar-refractivity contribution in [2.45, 2.75) is 12.2 Å². The Morgan fingerprint density at radius 1 is 0.862 bits per heavy atom. The zero-order chi connectivity index (χ0) is 20.4. The number of methoxy groups -OCH3 is 1. The average Bonchev–Trinajstić information content (AvgIpc) is 3.14. The average molecular weight is 387 g/mol. The third kappa shape index (κ3) is 3.31. The molecule has 4 aromatic rings. The van der Waals surface area contributed by atoms with Crippen molar-refractivity contribution in [3.63, 3.8) is 0 Å². The summed E-state index contributed by atoms with van der Waals surface area (Å²) in [6.07, 6.45) is -3.15. The fourth-order valence-corrected chi connectivity index (χ4v) is 3.70. The molecular formula is C24H21NO4. The van der Waals surface area contributed by atoms with Crippen LogP contribution >= 0.6 is 0 Å². The Morgan fingerprint density at radius 2 is 1.45 bits per heavy atom. The largest absolute Gasteiger partial charge is 0.467 e. The molecule has 0 bridgehead atoms. The molecule has 1 heterocycles. The quantitative estimate of drug-likeness (QED) is 0.510. The molecule has 2 atom stereocenters. The zero-order valence-corrected chi connectivity index (χ0v) is 15.9. The minimum absolute atomic E-state index is 0.480. The van der Waals surface area contributed by atoms with E-state index in [9.17, 15) is 15.0 Å². The van der Waals surface area contributed by atoms with Gasteiger partial charge in [-0.15, -0.1) is 0 Å². The van der Waals surface area contributed by atoms with Crippen LogP contribution in [-0.4, -0.2) is 34.0 Å². The number of benzene rings is 3. The van der Waals surface area contributed by atoms with Crippen LogP contribution in [0.4, 0.5) is 0 Å². The lowest BCUT2D eigenvalue weighted by atomic mass is 9.97. The van der Waals surface area contributed by atoms with Crippen molar-refractivity contribution in [1.29, 1.82) is 0 Å². The van der Waals surface area contributed by atoms with E-state index < -0.39 is 18.2 Å². The van der Waals surface area contributed by atoms with E-state index in [-0.39, 0.29) is 0 Å². The standard InChI is InChI=1S/C24H21NO4/c1-29-24(28)23(27)22(26)20-18-14-8-9-15-19(18)25(17-12-6-3-7-13-17)21(20)16-10-4-2-5-11-16/h2-15,22-23,26-27H,1H3. The second kappa shape index (κ2) is 7.91. The minimum atomic E-state index is -1.70. The first kappa shape index (κ1) is 18.9. The molecule has 5 nitrogen and oxygen atoms in total. The topological polar surface area (TPSA) is 71.7 Å². The summed E-state index contributed by atoms with van der Waals surface area (Å²) in [6.45, 7) is 0. The molecular weight excluding hydrogens is 366 g/mol. The maximum atomic E-state index is 11.9. The van der Waals surface area contributed by atoms with Gasteiger partial charge in [-0.3, -0.25) is 0 Å². The van der Waals surface area contributed by atoms with Crippen LogP contribution in [0.5, 0.6) is 0 Å². The number of rotatable bonds is 5. The Morgan fingerprint density at radius 3 is 2.10 bits per heavy atom. The van der Waals surface area contributed by atoms with Gasteiger partial charge in [-0.1, -0.05) is 66.7 Å². The number of fused-ring (bicyclic) bond motifs is 1. The highest BCUT2D eigenvalue weighted by molar-refractivity contribution is 5.95. The van der Waals surface area contributed by atoms with E-state index in [4.69, 9.17) is 0 Å². The summed E-state index contributed by atoms with van der Waals surface area (Å²) in [5.74, 6) is -0.881. The SMILES string of the molecule is COC(=O)C(O)C(O)c1c(-c2ccccc2)n(-c2ccccc2)c2ccccc12. The summed E-state index contributed by atoms with van der Waals surface area (Å²) < 4.78 is 6.68. The van der Waals surface area contributed by atoms with Crippen molar-refractivity contribution in [3.8, 4) is 16.9 Å². The fourth-order valence-electron chi connectivity index (χ4n) is 3.70. The normalized spacial score (nSPS) is 13.2. The van der Waals surface area contributed by atoms with E-state index >= 15 is 0 Å². The number of aliphatic hydroxyl groups is 2. The minimum Gasteiger partial charge on any atom is -0.467 e. The van der Waals surface area contributed by atoms with Crippen LogP contribution in [-0.2, 0) is 9.53 Å². The van der Waals surface area contributed by atoms with Crippen LogP contribution < -0.4 is 0 Å². The Hall–Kier alpha value is -3.41. The smallest absolute Gasteiger partial charge is 0.337 e. The molecule has 0 radical (unpaired) electrons. The van der Waals surface area contributed by atoms with Gasteiger partial charge in [0, 0.05) is 16.6 Å². The number of hydrogen-bond acceptors (Lipinski definition) is 4. The van der Waals surface area contributed by atoms with E-state index in [2.05, 4.69) is 4.74 Å². The molecule has 0 aliphatic heterocycles. The molecule has 2 unspecified atom stereocenters. The highest BCUT2D eigenvalue weighted by Gasteiger charge is 2.33. The van der Waals surface area contributed by atoms with Crippen molar-refractivity contribution in [1.82, 2.24) is 4.57 Å². The molecule has 1 aromatic heterocycles. The maximum absolute atomic E-state index is 11.9. The van der Waals surface area contributed by atoms with Gasteiger partial charge in [-0.25, -0.2) is 4.79 Å². The summed E-state index contributed by atoms with van der Waals surface area (Å²) in [4.78, 5) is 11.9. The van der Waals surface area contributed by atoms with Crippen molar-refractivity contribution < 1.29 is 19.7 Å². The van der Waals surface area contributed by atoms with Crippen LogP contribution in [0.25, 0.3) is 27.8 Å². The van der Waals surface area contributed by atoms with E-state index in [0.717, 1.165) is 22.2 Å². The van der Waals surface area contributed by atoms with Crippen LogP contribution in [0.1, 0.15) is 11.7 Å². The lowest BCUT2D eigenvalue weighted by Gasteiger charge is -2.19. The second-order valence-electron chi connectivity index (χ2n) is 6.73. The number of ether oxygens (including phenoxy) is 1. The third-order valence-corrected chi connectivity index (χ3v) is 5.01. The first-order valence-corrected chi connectivity index (χ1v) is 9.31. The molecule has 0 saturated carbocycles. The predicted molar refractivity (Wildman–Crippen MR) is 112 cm³/mol. The van der Waals surface area contributed by atoms with Gasteiger partial charge in [0.25, 0.3) is 0 Å². The number of para-hydroxylation sites is 2. The van der Waals surface area contributed by atoms with Gasteiger partial charge < -0.3 is 19.5 Å². The Bertz CT molecular complexity index is 1140. The molecule has 0 saturated heterocycles. The van der Waals surface area contributed by atoms with E-state index in [1.165, 1.54) is 7.11 Å². The van der Waals surface area contributed by atoms with Crippen LogP contribution in [0.15, 0.2) is 84.9 Å². The Labute approximate surface area is 168 Å². The number of esters is 1. The van der Waals surface area contributed by atoms with Crippen molar-refractivity contribution in [2.75, 3.05) is 7.11 Å². The van der Waals surface area contributed by atoms with E-state index in [1.54, 1.807) is 0 Å². The molecule has 0 aliphatic carbocycles. The van der Waals surface area contributed by atoms with E-state index in [1.807, 2.05) is 89.5 Å². The lowest BCUT2D eigenvalue weighted by Crippen LogP contribution is -2.29. The molecule has 5 heteroatoms. The highest BCUT2D eigenvalue weighted by Crippen LogP contribution is 2.40. The first-order chi connectivity index (χ1) is 14.1. The van der Waals surface area contributed by atoms with Gasteiger partial charge in [-0.2, -0.15) is 0 Å². The number of carbonyl (C=O) groups excluding carboxylic acids is 1. The Balaban J connectivity index is 2.09. The van der Waals surface area contributed by atoms with Gasteiger partial charge in [0.05, 0.1) is 18.3 Å². The number of aromatic nitrogens is 1. The molecule has 146 valence electrons. The monoisotopic (exact) mass is 387 g/mol. The number of aliphatic hydroxyl groups excluding tert-OH is 2. The van der Waals surface area contributed by atoms with E-state index in [0.29, 0.717) is 11.3 Å². The van der Waals surface area contributed by atoms with Gasteiger partial charge in [0.1, 0.15) is 6.10 Å². The molecule has 0 aliphatic rings. The van der Waals surface area contributed by atoms with Crippen molar-refractivity contribution in [2.24, 2.45) is 0 Å². The molecule has 29 heavy (non-hydrogen) atoms. The van der Waals surface area contributed by atoms with Gasteiger partial charge in [0.2, 0.25) is 0 Å². The van der Waals surface area contributed by atoms with Gasteiger partial charge >= 0.3 is 5.97 Å². The summed E-state index contributed by atoms with van der Waals surface area (Å²) in [7, 11) is 1.18. The second-order valence-corrected chi connectivity index (χ2v) is 6.73. The number of hydrogen-bond donors (Lipinski definition) is 2. The summed E-state index contributed by atoms with van der Waals surface area (Å²) >= 11 is 0. The van der Waals surface area contributed by atoms with Gasteiger partial charge in [-0.05, 0) is 23.8 Å². The molecule has 0 fully saturated rings. The molecule has 4 rings (SSSR count). The van der Waals surface area contributed by atoms with Crippen LogP contribution in [0.3, 0.4) is 0 Å². The Kier molecular flexibility index (Phi) is 5.16. The van der Waals surface area contributed by atoms with Gasteiger partial charge in [0.15, 0.2) is 6.10 Å². The van der Waals surface area contributed by atoms with Crippen LogP contribution in [0, 0.1) is 0 Å². The third-order valence-electron chi connectivity index (χ3n) is 5.01.